The molecule has 6 nitrogen and oxygen atoms in total. The number of amides is 2. The van der Waals surface area contributed by atoms with Crippen molar-refractivity contribution < 1.29 is 18.7 Å². The van der Waals surface area contributed by atoms with Crippen LogP contribution in [0, 0.1) is 0 Å². The number of hydrogen-bond acceptors (Lipinski definition) is 4. The average Bonchev–Trinajstić information content (AvgIpc) is 3.16. The molecule has 1 aromatic carbocycles. The highest BCUT2D eigenvalue weighted by Gasteiger charge is 2.16. The highest BCUT2D eigenvalue weighted by atomic mass is 16.5. The van der Waals surface area contributed by atoms with Crippen LogP contribution in [0.2, 0.25) is 0 Å². The number of methoxy groups -OCH3 is 1. The third-order valence-electron chi connectivity index (χ3n) is 3.48. The van der Waals surface area contributed by atoms with Crippen molar-refractivity contribution in [3.63, 3.8) is 0 Å². The molecule has 0 aliphatic heterocycles. The first-order valence-corrected chi connectivity index (χ1v) is 8.13. The number of hydrogen-bond donors (Lipinski definition) is 2. The Kier molecular flexibility index (Phi) is 6.83. The molecule has 25 heavy (non-hydrogen) atoms. The number of rotatable bonds is 8. The second-order valence-electron chi connectivity index (χ2n) is 5.37. The van der Waals surface area contributed by atoms with Gasteiger partial charge in [0.1, 0.15) is 11.4 Å². The van der Waals surface area contributed by atoms with Gasteiger partial charge in [-0.25, -0.2) is 0 Å². The van der Waals surface area contributed by atoms with Crippen molar-refractivity contribution >= 4 is 17.9 Å². The molecule has 0 atom stereocenters. The SMILES string of the molecule is CCCCNC(=O)C(=Cc1ccc(OC)cc1)NC(=O)c1ccco1. The second kappa shape index (κ2) is 9.32. The largest absolute Gasteiger partial charge is 0.497 e. The Bertz CT molecular complexity index is 718. The number of unbranched alkanes of at least 4 members (excludes halogenated alkanes) is 1. The molecule has 0 unspecified atom stereocenters. The van der Waals surface area contributed by atoms with Gasteiger partial charge in [0.05, 0.1) is 13.4 Å². The van der Waals surface area contributed by atoms with E-state index in [0.29, 0.717) is 12.3 Å². The highest BCUT2D eigenvalue weighted by Crippen LogP contribution is 2.14. The van der Waals surface area contributed by atoms with Crippen molar-refractivity contribution in [3.8, 4) is 5.75 Å². The van der Waals surface area contributed by atoms with Gasteiger partial charge in [0, 0.05) is 6.54 Å². The van der Waals surface area contributed by atoms with E-state index in [1.165, 1.54) is 12.3 Å². The first-order valence-electron chi connectivity index (χ1n) is 8.13. The molecule has 2 rings (SSSR count). The molecule has 0 radical (unpaired) electrons. The molecule has 0 bridgehead atoms. The molecule has 0 saturated carbocycles. The van der Waals surface area contributed by atoms with Gasteiger partial charge in [0.15, 0.2) is 5.76 Å². The molecule has 2 amide bonds. The summed E-state index contributed by atoms with van der Waals surface area (Å²) in [4.78, 5) is 24.6. The summed E-state index contributed by atoms with van der Waals surface area (Å²) in [6.07, 6.45) is 4.86. The zero-order valence-corrected chi connectivity index (χ0v) is 14.4. The van der Waals surface area contributed by atoms with Crippen LogP contribution in [0.25, 0.3) is 6.08 Å². The van der Waals surface area contributed by atoms with Crippen molar-refractivity contribution in [1.29, 1.82) is 0 Å². The maximum absolute atomic E-state index is 12.4. The van der Waals surface area contributed by atoms with Gasteiger partial charge in [-0.15, -0.1) is 0 Å². The average molecular weight is 342 g/mol. The Morgan fingerprint density at radius 3 is 2.56 bits per heavy atom. The number of carbonyl (C=O) groups excluding carboxylic acids is 2. The molecule has 6 heteroatoms. The summed E-state index contributed by atoms with van der Waals surface area (Å²) in [6.45, 7) is 2.59. The van der Waals surface area contributed by atoms with Crippen LogP contribution in [0.4, 0.5) is 0 Å². The normalized spacial score (nSPS) is 11.0. The Hall–Kier alpha value is -3.02. The van der Waals surface area contributed by atoms with Crippen LogP contribution < -0.4 is 15.4 Å². The first kappa shape index (κ1) is 18.3. The summed E-state index contributed by atoms with van der Waals surface area (Å²) in [5, 5.41) is 5.41. The van der Waals surface area contributed by atoms with Crippen molar-refractivity contribution in [2.75, 3.05) is 13.7 Å². The smallest absolute Gasteiger partial charge is 0.291 e. The highest BCUT2D eigenvalue weighted by molar-refractivity contribution is 6.04. The molecule has 0 spiro atoms. The molecule has 1 aromatic heterocycles. The molecule has 0 aliphatic carbocycles. The number of carbonyl (C=O) groups is 2. The van der Waals surface area contributed by atoms with Gasteiger partial charge in [-0.3, -0.25) is 9.59 Å². The summed E-state index contributed by atoms with van der Waals surface area (Å²) in [5.74, 6) is 0.0345. The predicted octanol–water partition coefficient (Wildman–Crippen LogP) is 2.98. The summed E-state index contributed by atoms with van der Waals surface area (Å²) < 4.78 is 10.2. The monoisotopic (exact) mass is 342 g/mol. The Morgan fingerprint density at radius 1 is 1.20 bits per heavy atom. The third-order valence-corrected chi connectivity index (χ3v) is 3.48. The number of benzene rings is 1. The lowest BCUT2D eigenvalue weighted by Crippen LogP contribution is -2.35. The first-order chi connectivity index (χ1) is 12.1. The van der Waals surface area contributed by atoms with Crippen LogP contribution in [-0.4, -0.2) is 25.5 Å². The molecule has 132 valence electrons. The predicted molar refractivity (Wildman–Crippen MR) is 95.1 cm³/mol. The fourth-order valence-electron chi connectivity index (χ4n) is 2.09. The standard InChI is InChI=1S/C19H22N2O4/c1-3-4-11-20-18(22)16(21-19(23)17-6-5-12-25-17)13-14-7-9-15(24-2)10-8-14/h5-10,12-13H,3-4,11H2,1-2H3,(H,20,22)(H,21,23). The number of nitrogens with one attached hydrogen (secondary N) is 2. The lowest BCUT2D eigenvalue weighted by Gasteiger charge is -2.10. The molecule has 0 fully saturated rings. The summed E-state index contributed by atoms with van der Waals surface area (Å²) in [6, 6.07) is 10.3. The van der Waals surface area contributed by atoms with E-state index in [0.717, 1.165) is 18.4 Å². The fourth-order valence-corrected chi connectivity index (χ4v) is 2.09. The number of ether oxygens (including phenoxy) is 1. The molecular formula is C19H22N2O4. The summed E-state index contributed by atoms with van der Waals surface area (Å²) in [7, 11) is 1.58. The van der Waals surface area contributed by atoms with E-state index in [1.54, 1.807) is 43.5 Å². The molecule has 0 saturated heterocycles. The van der Waals surface area contributed by atoms with E-state index in [-0.39, 0.29) is 17.4 Å². The van der Waals surface area contributed by atoms with Crippen LogP contribution >= 0.6 is 0 Å². The molecule has 2 aromatic rings. The van der Waals surface area contributed by atoms with E-state index < -0.39 is 5.91 Å². The van der Waals surface area contributed by atoms with Crippen molar-refractivity contribution in [2.24, 2.45) is 0 Å². The van der Waals surface area contributed by atoms with Crippen molar-refractivity contribution in [3.05, 3.63) is 59.7 Å². The quantitative estimate of drug-likeness (QED) is 0.571. The fraction of sp³-hybridized carbons (Fsp3) is 0.263. The Balaban J connectivity index is 2.18. The van der Waals surface area contributed by atoms with E-state index >= 15 is 0 Å². The Labute approximate surface area is 146 Å². The van der Waals surface area contributed by atoms with E-state index in [2.05, 4.69) is 10.6 Å². The van der Waals surface area contributed by atoms with Crippen molar-refractivity contribution in [1.82, 2.24) is 10.6 Å². The van der Waals surface area contributed by atoms with Crippen LogP contribution in [0.5, 0.6) is 5.75 Å². The molecule has 2 N–H and O–H groups in total. The minimum atomic E-state index is -0.476. The van der Waals surface area contributed by atoms with Crippen LogP contribution in [-0.2, 0) is 4.79 Å². The number of furan rings is 1. The van der Waals surface area contributed by atoms with Crippen LogP contribution in [0.15, 0.2) is 52.8 Å². The van der Waals surface area contributed by atoms with Gasteiger partial charge in [-0.05, 0) is 42.3 Å². The lowest BCUT2D eigenvalue weighted by atomic mass is 10.1. The molecule has 1 heterocycles. The topological polar surface area (TPSA) is 80.6 Å². The summed E-state index contributed by atoms with van der Waals surface area (Å²) in [5.41, 5.74) is 0.920. The van der Waals surface area contributed by atoms with Crippen LogP contribution in [0.3, 0.4) is 0 Å². The molecule has 0 aliphatic rings. The van der Waals surface area contributed by atoms with Gasteiger partial charge in [-0.1, -0.05) is 25.5 Å². The molecular weight excluding hydrogens is 320 g/mol. The van der Waals surface area contributed by atoms with E-state index in [1.807, 2.05) is 6.92 Å². The van der Waals surface area contributed by atoms with Gasteiger partial charge in [0.25, 0.3) is 11.8 Å². The maximum atomic E-state index is 12.4. The van der Waals surface area contributed by atoms with E-state index in [9.17, 15) is 9.59 Å². The van der Waals surface area contributed by atoms with Gasteiger partial charge >= 0.3 is 0 Å². The lowest BCUT2D eigenvalue weighted by molar-refractivity contribution is -0.117. The summed E-state index contributed by atoms with van der Waals surface area (Å²) >= 11 is 0. The minimum absolute atomic E-state index is 0.141. The zero-order chi connectivity index (χ0) is 18.1. The second-order valence-corrected chi connectivity index (χ2v) is 5.37. The van der Waals surface area contributed by atoms with Gasteiger partial charge < -0.3 is 19.8 Å². The Morgan fingerprint density at radius 2 is 1.96 bits per heavy atom. The minimum Gasteiger partial charge on any atom is -0.497 e. The maximum Gasteiger partial charge on any atom is 0.291 e. The zero-order valence-electron chi connectivity index (χ0n) is 14.4. The van der Waals surface area contributed by atoms with Gasteiger partial charge in [0.2, 0.25) is 0 Å². The van der Waals surface area contributed by atoms with Gasteiger partial charge in [-0.2, -0.15) is 0 Å². The van der Waals surface area contributed by atoms with E-state index in [4.69, 9.17) is 9.15 Å². The third kappa shape index (κ3) is 5.53. The van der Waals surface area contributed by atoms with Crippen LogP contribution in [0.1, 0.15) is 35.9 Å². The van der Waals surface area contributed by atoms with Crippen molar-refractivity contribution in [2.45, 2.75) is 19.8 Å².